The molecule has 112 valence electrons. The van der Waals surface area contributed by atoms with Gasteiger partial charge in [-0.25, -0.2) is 0 Å². The second-order valence-corrected chi connectivity index (χ2v) is 6.20. The summed E-state index contributed by atoms with van der Waals surface area (Å²) in [5.74, 6) is -0.202. The third-order valence-corrected chi connectivity index (χ3v) is 4.47. The Morgan fingerprint density at radius 2 is 2.00 bits per heavy atom. The van der Waals surface area contributed by atoms with Gasteiger partial charge in [0.2, 0.25) is 5.91 Å². The Labute approximate surface area is 127 Å². The van der Waals surface area contributed by atoms with Crippen molar-refractivity contribution in [2.45, 2.75) is 18.4 Å². The first kappa shape index (κ1) is 14.4. The summed E-state index contributed by atoms with van der Waals surface area (Å²) in [4.78, 5) is 25.4. The highest BCUT2D eigenvalue weighted by molar-refractivity contribution is 6.33. The summed E-state index contributed by atoms with van der Waals surface area (Å²) in [5.41, 5.74) is -0.340. The Kier molecular flexibility index (Phi) is 3.63. The van der Waals surface area contributed by atoms with E-state index in [0.717, 1.165) is 12.8 Å². The van der Waals surface area contributed by atoms with Gasteiger partial charge in [-0.2, -0.15) is 0 Å². The quantitative estimate of drug-likeness (QED) is 0.873. The summed E-state index contributed by atoms with van der Waals surface area (Å²) in [7, 11) is 0. The number of carbonyl (C=O) groups excluding carboxylic acids is 2. The van der Waals surface area contributed by atoms with Gasteiger partial charge >= 0.3 is 0 Å². The van der Waals surface area contributed by atoms with Crippen LogP contribution in [-0.4, -0.2) is 47.1 Å². The van der Waals surface area contributed by atoms with Gasteiger partial charge in [0, 0.05) is 0 Å². The fraction of sp³-hybridized carbons (Fsp3) is 0.467. The first-order valence-electron chi connectivity index (χ1n) is 7.02. The summed E-state index contributed by atoms with van der Waals surface area (Å²) in [6.45, 7) is 0.668. The molecule has 1 aliphatic carbocycles. The maximum Gasteiger partial charge on any atom is 0.253 e. The second-order valence-electron chi connectivity index (χ2n) is 5.79. The lowest BCUT2D eigenvalue weighted by atomic mass is 9.89. The van der Waals surface area contributed by atoms with Crippen molar-refractivity contribution in [2.75, 3.05) is 19.6 Å². The van der Waals surface area contributed by atoms with Gasteiger partial charge < -0.3 is 15.3 Å². The predicted molar refractivity (Wildman–Crippen MR) is 78.0 cm³/mol. The van der Waals surface area contributed by atoms with Gasteiger partial charge in [-0.3, -0.25) is 9.59 Å². The van der Waals surface area contributed by atoms with Crippen LogP contribution in [0.1, 0.15) is 23.2 Å². The number of carbonyl (C=O) groups is 2. The van der Waals surface area contributed by atoms with Crippen molar-refractivity contribution in [1.82, 2.24) is 10.2 Å². The SMILES string of the molecule is O=C(NCC(=O)N1CC(O)(C2CC2)C1)c1ccccc1Cl. The number of hydrogen-bond acceptors (Lipinski definition) is 3. The molecule has 5 nitrogen and oxygen atoms in total. The molecule has 6 heteroatoms. The zero-order chi connectivity index (χ0) is 15.0. The van der Waals surface area contributed by atoms with E-state index in [4.69, 9.17) is 11.6 Å². The van der Waals surface area contributed by atoms with E-state index in [9.17, 15) is 14.7 Å². The molecule has 0 spiro atoms. The molecule has 21 heavy (non-hydrogen) atoms. The van der Waals surface area contributed by atoms with E-state index in [1.807, 2.05) is 0 Å². The van der Waals surface area contributed by atoms with E-state index < -0.39 is 5.60 Å². The number of aliphatic hydroxyl groups is 1. The smallest absolute Gasteiger partial charge is 0.253 e. The lowest BCUT2D eigenvalue weighted by Gasteiger charge is -2.47. The molecule has 2 aliphatic rings. The van der Waals surface area contributed by atoms with Crippen LogP contribution in [0.4, 0.5) is 0 Å². The summed E-state index contributed by atoms with van der Waals surface area (Å²) in [6.07, 6.45) is 2.09. The molecule has 0 atom stereocenters. The van der Waals surface area contributed by atoms with Crippen molar-refractivity contribution >= 4 is 23.4 Å². The lowest BCUT2D eigenvalue weighted by Crippen LogP contribution is -2.65. The summed E-state index contributed by atoms with van der Waals surface area (Å²) < 4.78 is 0. The molecule has 2 fully saturated rings. The number of likely N-dealkylation sites (tertiary alicyclic amines) is 1. The Bertz CT molecular complexity index is 580. The number of nitrogens with zero attached hydrogens (tertiary/aromatic N) is 1. The average molecular weight is 309 g/mol. The zero-order valence-electron chi connectivity index (χ0n) is 11.5. The highest BCUT2D eigenvalue weighted by Crippen LogP contribution is 2.44. The molecule has 1 heterocycles. The maximum absolute atomic E-state index is 11.9. The Balaban J connectivity index is 1.48. The van der Waals surface area contributed by atoms with E-state index in [1.54, 1.807) is 29.2 Å². The van der Waals surface area contributed by atoms with Gasteiger partial charge in [0.15, 0.2) is 0 Å². The third-order valence-electron chi connectivity index (χ3n) is 4.14. The van der Waals surface area contributed by atoms with Gasteiger partial charge in [-0.05, 0) is 30.9 Å². The fourth-order valence-corrected chi connectivity index (χ4v) is 2.90. The van der Waals surface area contributed by atoms with E-state index in [0.29, 0.717) is 29.6 Å². The van der Waals surface area contributed by atoms with Crippen LogP contribution in [0, 0.1) is 5.92 Å². The second kappa shape index (κ2) is 5.31. The first-order chi connectivity index (χ1) is 9.99. The Hall–Kier alpha value is -1.59. The summed E-state index contributed by atoms with van der Waals surface area (Å²) >= 11 is 5.93. The average Bonchev–Trinajstić information content (AvgIpc) is 3.26. The topological polar surface area (TPSA) is 69.6 Å². The number of β-amino-alcohol motifs (C(OH)–C–C–N with tert-alkyl or cyclic N) is 1. The predicted octanol–water partition coefficient (Wildman–Crippen LogP) is 1.05. The van der Waals surface area contributed by atoms with Crippen molar-refractivity contribution in [3.8, 4) is 0 Å². The van der Waals surface area contributed by atoms with Crippen LogP contribution in [0.15, 0.2) is 24.3 Å². The number of amides is 2. The summed E-state index contributed by atoms with van der Waals surface area (Å²) in [6, 6.07) is 6.69. The molecule has 1 aliphatic heterocycles. The molecule has 1 aromatic carbocycles. The Morgan fingerprint density at radius 3 is 2.62 bits per heavy atom. The number of rotatable bonds is 4. The molecule has 1 saturated carbocycles. The highest BCUT2D eigenvalue weighted by atomic mass is 35.5. The van der Waals surface area contributed by atoms with Crippen molar-refractivity contribution in [3.05, 3.63) is 34.9 Å². The van der Waals surface area contributed by atoms with Crippen molar-refractivity contribution in [3.63, 3.8) is 0 Å². The van der Waals surface area contributed by atoms with E-state index in [-0.39, 0.29) is 18.4 Å². The Morgan fingerprint density at radius 1 is 1.33 bits per heavy atom. The van der Waals surface area contributed by atoms with Crippen LogP contribution in [0.5, 0.6) is 0 Å². The van der Waals surface area contributed by atoms with Gasteiger partial charge in [0.1, 0.15) is 5.60 Å². The van der Waals surface area contributed by atoms with Crippen molar-refractivity contribution in [1.29, 1.82) is 0 Å². The largest absolute Gasteiger partial charge is 0.386 e. The molecule has 2 amide bonds. The summed E-state index contributed by atoms with van der Waals surface area (Å²) in [5, 5.41) is 13.1. The van der Waals surface area contributed by atoms with Gasteiger partial charge in [-0.15, -0.1) is 0 Å². The third kappa shape index (κ3) is 2.89. The number of halogens is 1. The van der Waals surface area contributed by atoms with E-state index in [1.165, 1.54) is 0 Å². The molecule has 0 radical (unpaired) electrons. The minimum Gasteiger partial charge on any atom is -0.386 e. The molecule has 0 unspecified atom stereocenters. The first-order valence-corrected chi connectivity index (χ1v) is 7.40. The van der Waals surface area contributed by atoms with Crippen LogP contribution in [0.2, 0.25) is 5.02 Å². The number of nitrogens with one attached hydrogen (secondary N) is 1. The molecule has 1 aromatic rings. The monoisotopic (exact) mass is 308 g/mol. The van der Waals surface area contributed by atoms with Gasteiger partial charge in [0.25, 0.3) is 5.91 Å². The zero-order valence-corrected chi connectivity index (χ0v) is 12.3. The maximum atomic E-state index is 11.9. The van der Waals surface area contributed by atoms with E-state index in [2.05, 4.69) is 5.32 Å². The molecule has 0 aromatic heterocycles. The van der Waals surface area contributed by atoms with E-state index >= 15 is 0 Å². The molecular formula is C15H17ClN2O3. The molecule has 2 N–H and O–H groups in total. The molecule has 1 saturated heterocycles. The number of hydrogen-bond donors (Lipinski definition) is 2. The van der Waals surface area contributed by atoms with Gasteiger partial charge in [-0.1, -0.05) is 23.7 Å². The highest BCUT2D eigenvalue weighted by Gasteiger charge is 2.53. The van der Waals surface area contributed by atoms with Crippen LogP contribution in [0.25, 0.3) is 0 Å². The standard InChI is InChI=1S/C15H17ClN2O3/c16-12-4-2-1-3-11(12)14(20)17-7-13(19)18-8-15(21,9-18)10-5-6-10/h1-4,10,21H,5-9H2,(H,17,20). The normalized spacial score (nSPS) is 19.8. The molecular weight excluding hydrogens is 292 g/mol. The van der Waals surface area contributed by atoms with Gasteiger partial charge in [0.05, 0.1) is 30.2 Å². The number of benzene rings is 1. The molecule has 3 rings (SSSR count). The van der Waals surface area contributed by atoms with Crippen LogP contribution in [-0.2, 0) is 4.79 Å². The minimum absolute atomic E-state index is 0.0786. The van der Waals surface area contributed by atoms with Crippen LogP contribution in [0.3, 0.4) is 0 Å². The lowest BCUT2D eigenvalue weighted by molar-refractivity contribution is -0.158. The van der Waals surface area contributed by atoms with Crippen molar-refractivity contribution in [2.24, 2.45) is 5.92 Å². The van der Waals surface area contributed by atoms with Crippen molar-refractivity contribution < 1.29 is 14.7 Å². The fourth-order valence-electron chi connectivity index (χ4n) is 2.68. The minimum atomic E-state index is -0.692. The van der Waals surface area contributed by atoms with Crippen LogP contribution >= 0.6 is 11.6 Å². The molecule has 0 bridgehead atoms. The van der Waals surface area contributed by atoms with Crippen LogP contribution < -0.4 is 5.32 Å².